The molecule has 5 nitrogen and oxygen atoms in total. The Labute approximate surface area is 163 Å². The van der Waals surface area contributed by atoms with Gasteiger partial charge in [-0.2, -0.15) is 0 Å². The molecule has 0 atom stereocenters. The summed E-state index contributed by atoms with van der Waals surface area (Å²) in [6.45, 7) is 8.21. The molecule has 140 valence electrons. The number of carbonyl (C=O) groups is 1. The summed E-state index contributed by atoms with van der Waals surface area (Å²) in [7, 11) is 1.63. The third kappa shape index (κ3) is 4.06. The maximum Gasteiger partial charge on any atom is 0.209 e. The molecule has 0 aliphatic heterocycles. The summed E-state index contributed by atoms with van der Waals surface area (Å²) in [5.41, 5.74) is 6.33. The molecule has 0 amide bonds. The molecule has 3 aromatic rings. The lowest BCUT2D eigenvalue weighted by Gasteiger charge is -2.13. The summed E-state index contributed by atoms with van der Waals surface area (Å²) in [6, 6.07) is 9.57. The van der Waals surface area contributed by atoms with Gasteiger partial charge in [0, 0.05) is 11.1 Å². The van der Waals surface area contributed by atoms with E-state index in [1.165, 1.54) is 22.9 Å². The van der Waals surface area contributed by atoms with Crippen molar-refractivity contribution in [2.24, 2.45) is 0 Å². The molecule has 27 heavy (non-hydrogen) atoms. The van der Waals surface area contributed by atoms with Crippen molar-refractivity contribution in [2.75, 3.05) is 12.9 Å². The standard InChI is InChI=1S/C21H23N3O2S/c1-12-10-18(15(4)14(3)13(12)2)19(25)11-27-21-22-20(23-24-21)16-6-8-17(26-5)9-7-16/h6-10H,11H2,1-5H3,(H,22,23,24). The molecule has 0 spiro atoms. The number of thioether (sulfide) groups is 1. The maximum absolute atomic E-state index is 12.7. The molecule has 0 unspecified atom stereocenters. The number of methoxy groups -OCH3 is 1. The first-order valence-electron chi connectivity index (χ1n) is 8.71. The summed E-state index contributed by atoms with van der Waals surface area (Å²) in [4.78, 5) is 17.2. The van der Waals surface area contributed by atoms with Gasteiger partial charge in [0.15, 0.2) is 11.6 Å². The van der Waals surface area contributed by atoms with Gasteiger partial charge in [0.2, 0.25) is 5.16 Å². The van der Waals surface area contributed by atoms with Crippen molar-refractivity contribution in [3.63, 3.8) is 0 Å². The van der Waals surface area contributed by atoms with Gasteiger partial charge in [0.05, 0.1) is 12.9 Å². The van der Waals surface area contributed by atoms with E-state index in [4.69, 9.17) is 4.74 Å². The molecule has 0 aliphatic rings. The highest BCUT2D eigenvalue weighted by molar-refractivity contribution is 7.99. The third-order valence-corrected chi connectivity index (χ3v) is 5.79. The quantitative estimate of drug-likeness (QED) is 0.496. The summed E-state index contributed by atoms with van der Waals surface area (Å²) < 4.78 is 5.16. The van der Waals surface area contributed by atoms with E-state index in [0.29, 0.717) is 16.7 Å². The number of benzene rings is 2. The van der Waals surface area contributed by atoms with Gasteiger partial charge in [0.1, 0.15) is 5.75 Å². The Morgan fingerprint density at radius 1 is 1.07 bits per heavy atom. The molecule has 1 aromatic heterocycles. The van der Waals surface area contributed by atoms with Crippen LogP contribution in [0.2, 0.25) is 0 Å². The van der Waals surface area contributed by atoms with Crippen molar-refractivity contribution in [2.45, 2.75) is 32.9 Å². The van der Waals surface area contributed by atoms with Gasteiger partial charge >= 0.3 is 0 Å². The second-order valence-electron chi connectivity index (χ2n) is 6.52. The number of ether oxygens (including phenoxy) is 1. The Hall–Kier alpha value is -2.60. The number of hydrogen-bond acceptors (Lipinski definition) is 5. The topological polar surface area (TPSA) is 67.9 Å². The van der Waals surface area contributed by atoms with Crippen molar-refractivity contribution < 1.29 is 9.53 Å². The lowest BCUT2D eigenvalue weighted by atomic mass is 9.93. The number of hydrogen-bond donors (Lipinski definition) is 1. The van der Waals surface area contributed by atoms with Crippen molar-refractivity contribution in [1.29, 1.82) is 0 Å². The number of H-pyrrole nitrogens is 1. The minimum Gasteiger partial charge on any atom is -0.497 e. The summed E-state index contributed by atoms with van der Waals surface area (Å²) in [5.74, 6) is 1.87. The van der Waals surface area contributed by atoms with E-state index in [2.05, 4.69) is 29.0 Å². The highest BCUT2D eigenvalue weighted by Crippen LogP contribution is 2.25. The molecule has 0 radical (unpaired) electrons. The van der Waals surface area contributed by atoms with E-state index in [-0.39, 0.29) is 5.78 Å². The first-order valence-corrected chi connectivity index (χ1v) is 9.69. The number of aromatic nitrogens is 3. The Morgan fingerprint density at radius 3 is 2.44 bits per heavy atom. The number of nitrogens with one attached hydrogen (secondary N) is 1. The third-order valence-electron chi connectivity index (χ3n) is 4.94. The fourth-order valence-corrected chi connectivity index (χ4v) is 3.58. The molecule has 0 bridgehead atoms. The Bertz CT molecular complexity index is 978. The molecule has 3 rings (SSSR count). The number of aromatic amines is 1. The van der Waals surface area contributed by atoms with Gasteiger partial charge in [-0.3, -0.25) is 9.89 Å². The number of Topliss-reactive ketones (excluding diaryl/α,β-unsaturated/α-hetero) is 1. The van der Waals surface area contributed by atoms with E-state index >= 15 is 0 Å². The van der Waals surface area contributed by atoms with Crippen LogP contribution in [0.1, 0.15) is 32.6 Å². The second kappa shape index (κ2) is 7.96. The number of carbonyl (C=O) groups excluding carboxylic acids is 1. The number of nitrogens with zero attached hydrogens (tertiary/aromatic N) is 2. The van der Waals surface area contributed by atoms with Crippen LogP contribution in [0.5, 0.6) is 5.75 Å². The van der Waals surface area contributed by atoms with Crippen molar-refractivity contribution in [1.82, 2.24) is 15.2 Å². The molecule has 1 N–H and O–H groups in total. The highest BCUT2D eigenvalue weighted by atomic mass is 32.2. The smallest absolute Gasteiger partial charge is 0.209 e. The van der Waals surface area contributed by atoms with Gasteiger partial charge in [-0.15, -0.1) is 5.10 Å². The van der Waals surface area contributed by atoms with Crippen molar-refractivity contribution in [3.8, 4) is 17.1 Å². The van der Waals surface area contributed by atoms with E-state index in [1.807, 2.05) is 44.2 Å². The Balaban J connectivity index is 1.70. The first kappa shape index (κ1) is 19.2. The van der Waals surface area contributed by atoms with E-state index in [0.717, 1.165) is 28.0 Å². The maximum atomic E-state index is 12.7. The fourth-order valence-electron chi connectivity index (χ4n) is 2.90. The predicted octanol–water partition coefficient (Wildman–Crippen LogP) is 4.69. The zero-order valence-corrected chi connectivity index (χ0v) is 17.0. The SMILES string of the molecule is COc1ccc(-c2nc(SCC(=O)c3cc(C)c(C)c(C)c3C)n[nH]2)cc1. The lowest BCUT2D eigenvalue weighted by molar-refractivity contribution is 0.102. The van der Waals surface area contributed by atoms with Crippen LogP contribution in [-0.4, -0.2) is 33.8 Å². The summed E-state index contributed by atoms with van der Waals surface area (Å²) >= 11 is 1.34. The monoisotopic (exact) mass is 381 g/mol. The lowest BCUT2D eigenvalue weighted by Crippen LogP contribution is -2.08. The largest absolute Gasteiger partial charge is 0.497 e. The molecule has 1 heterocycles. The molecule has 2 aromatic carbocycles. The minimum atomic E-state index is 0.0968. The molecule has 0 saturated heterocycles. The van der Waals surface area contributed by atoms with Crippen LogP contribution in [0.3, 0.4) is 0 Å². The average molecular weight is 382 g/mol. The molecular formula is C21H23N3O2S. The number of ketones is 1. The average Bonchev–Trinajstić information content (AvgIpc) is 3.16. The molecule has 0 saturated carbocycles. The summed E-state index contributed by atoms with van der Waals surface area (Å²) in [6.07, 6.45) is 0. The van der Waals surface area contributed by atoms with Crippen LogP contribution in [-0.2, 0) is 0 Å². The fraction of sp³-hybridized carbons (Fsp3) is 0.286. The van der Waals surface area contributed by atoms with E-state index in [1.54, 1.807) is 7.11 Å². The van der Waals surface area contributed by atoms with Crippen LogP contribution in [0.25, 0.3) is 11.4 Å². The van der Waals surface area contributed by atoms with Gasteiger partial charge in [-0.05, 0) is 80.3 Å². The van der Waals surface area contributed by atoms with Gasteiger partial charge in [-0.1, -0.05) is 11.8 Å². The predicted molar refractivity (Wildman–Crippen MR) is 109 cm³/mol. The van der Waals surface area contributed by atoms with Crippen molar-refractivity contribution in [3.05, 3.63) is 58.1 Å². The number of aryl methyl sites for hydroxylation is 1. The Morgan fingerprint density at radius 2 is 1.78 bits per heavy atom. The normalized spacial score (nSPS) is 10.9. The van der Waals surface area contributed by atoms with Crippen LogP contribution in [0, 0.1) is 27.7 Å². The minimum absolute atomic E-state index is 0.0968. The first-order chi connectivity index (χ1) is 12.9. The highest BCUT2D eigenvalue weighted by Gasteiger charge is 2.15. The zero-order chi connectivity index (χ0) is 19.6. The number of rotatable bonds is 6. The van der Waals surface area contributed by atoms with Crippen LogP contribution >= 0.6 is 11.8 Å². The van der Waals surface area contributed by atoms with Gasteiger partial charge < -0.3 is 4.74 Å². The molecule has 0 fully saturated rings. The van der Waals surface area contributed by atoms with Crippen LogP contribution in [0.15, 0.2) is 35.5 Å². The van der Waals surface area contributed by atoms with E-state index in [9.17, 15) is 4.79 Å². The zero-order valence-electron chi connectivity index (χ0n) is 16.2. The Kier molecular flexibility index (Phi) is 5.65. The van der Waals surface area contributed by atoms with Crippen LogP contribution in [0.4, 0.5) is 0 Å². The van der Waals surface area contributed by atoms with Crippen molar-refractivity contribution >= 4 is 17.5 Å². The molecular weight excluding hydrogens is 358 g/mol. The molecule has 0 aliphatic carbocycles. The summed E-state index contributed by atoms with van der Waals surface area (Å²) in [5, 5.41) is 7.70. The van der Waals surface area contributed by atoms with E-state index < -0.39 is 0 Å². The second-order valence-corrected chi connectivity index (χ2v) is 7.47. The molecule has 6 heteroatoms. The van der Waals surface area contributed by atoms with Crippen LogP contribution < -0.4 is 4.74 Å². The van der Waals surface area contributed by atoms with Gasteiger partial charge in [-0.25, -0.2) is 4.98 Å². The van der Waals surface area contributed by atoms with Gasteiger partial charge in [0.25, 0.3) is 0 Å².